The van der Waals surface area contributed by atoms with Gasteiger partial charge in [0.1, 0.15) is 52.4 Å². The Morgan fingerprint density at radius 3 is 2.20 bits per heavy atom. The van der Waals surface area contributed by atoms with Gasteiger partial charge in [-0.25, -0.2) is 23.9 Å². The number of aromatic nitrogens is 2. The second-order valence-corrected chi connectivity index (χ2v) is 16.5. The van der Waals surface area contributed by atoms with Gasteiger partial charge in [0.05, 0.1) is 55.3 Å². The van der Waals surface area contributed by atoms with Crippen molar-refractivity contribution in [3.05, 3.63) is 100.0 Å². The predicted octanol–water partition coefficient (Wildman–Crippen LogP) is 8.36. The number of amides is 1. The maximum absolute atomic E-state index is 17.4. The highest BCUT2D eigenvalue weighted by atomic mass is 35.5. The molecule has 59 heavy (non-hydrogen) atoms. The van der Waals surface area contributed by atoms with Crippen molar-refractivity contribution in [1.82, 2.24) is 14.9 Å². The number of anilines is 3. The predicted molar refractivity (Wildman–Crippen MR) is 226 cm³/mol. The fraction of sp³-hybridized carbons (Fsp3) is 0.356. The molecule has 3 aliphatic heterocycles. The molecule has 306 valence electrons. The van der Waals surface area contributed by atoms with Crippen LogP contribution in [0.15, 0.2) is 72.4 Å². The Bertz CT molecular complexity index is 2440. The number of nitrogens with zero attached hydrogens (tertiary/aromatic N) is 6. The molecule has 0 saturated carbocycles. The molecular formula is C45H46ClFN6O6. The number of hydrogen-bond acceptors (Lipinski definition) is 11. The third kappa shape index (κ3) is 7.56. The van der Waals surface area contributed by atoms with Crippen LogP contribution < -0.4 is 28.9 Å². The molecule has 12 nitrogen and oxygen atoms in total. The quantitative estimate of drug-likeness (QED) is 0.141. The van der Waals surface area contributed by atoms with Crippen LogP contribution in [0.5, 0.6) is 17.4 Å². The molecule has 5 aromatic rings. The first-order chi connectivity index (χ1) is 28.3. The van der Waals surface area contributed by atoms with Crippen LogP contribution in [0.1, 0.15) is 44.4 Å². The van der Waals surface area contributed by atoms with Crippen molar-refractivity contribution in [2.24, 2.45) is 0 Å². The number of benzene rings is 3. The maximum atomic E-state index is 17.4. The first kappa shape index (κ1) is 39.8. The lowest BCUT2D eigenvalue weighted by Gasteiger charge is -2.52. The fourth-order valence-corrected chi connectivity index (χ4v) is 8.42. The van der Waals surface area contributed by atoms with Crippen LogP contribution in [-0.4, -0.2) is 85.0 Å². The number of hydrogen-bond donors (Lipinski definition) is 0. The van der Waals surface area contributed by atoms with E-state index in [-0.39, 0.29) is 41.2 Å². The smallest absolute Gasteiger partial charge is 0.410 e. The number of ether oxygens (including phenoxy) is 4. The van der Waals surface area contributed by atoms with Gasteiger partial charge in [0, 0.05) is 31.1 Å². The van der Waals surface area contributed by atoms with Crippen molar-refractivity contribution in [3.63, 3.8) is 0 Å². The van der Waals surface area contributed by atoms with Crippen molar-refractivity contribution in [1.29, 1.82) is 0 Å². The van der Waals surface area contributed by atoms with Crippen molar-refractivity contribution in [2.45, 2.75) is 65.4 Å². The molecule has 0 spiro atoms. The van der Waals surface area contributed by atoms with Gasteiger partial charge in [0.2, 0.25) is 5.88 Å². The molecule has 8 rings (SSSR count). The number of fused-ring (bicyclic) bond motifs is 4. The molecule has 1 fully saturated rings. The molecule has 0 radical (unpaired) electrons. The number of carbonyl (C=O) groups excluding carboxylic acids is 2. The zero-order valence-corrected chi connectivity index (χ0v) is 34.9. The van der Waals surface area contributed by atoms with Gasteiger partial charge in [0.15, 0.2) is 5.82 Å². The van der Waals surface area contributed by atoms with Crippen molar-refractivity contribution in [2.75, 3.05) is 55.2 Å². The summed E-state index contributed by atoms with van der Waals surface area (Å²) in [6.07, 6.45) is -0.474. The molecular weight excluding hydrogens is 775 g/mol. The van der Waals surface area contributed by atoms with E-state index >= 15 is 4.39 Å². The summed E-state index contributed by atoms with van der Waals surface area (Å²) in [6.45, 7) is 11.3. The lowest BCUT2D eigenvalue weighted by molar-refractivity contribution is 0.0134. The number of halogens is 2. The van der Waals surface area contributed by atoms with Crippen LogP contribution in [0.4, 0.5) is 26.4 Å². The number of pyridine rings is 2. The Labute approximate surface area is 347 Å². The Kier molecular flexibility index (Phi) is 10.5. The summed E-state index contributed by atoms with van der Waals surface area (Å²) in [5, 5.41) is 0.595. The first-order valence-electron chi connectivity index (χ1n) is 19.5. The van der Waals surface area contributed by atoms with E-state index in [0.29, 0.717) is 60.1 Å². The van der Waals surface area contributed by atoms with Crippen LogP contribution in [0.3, 0.4) is 0 Å². The average Bonchev–Trinajstić information content (AvgIpc) is 3.20. The van der Waals surface area contributed by atoms with E-state index in [1.807, 2.05) is 105 Å². The third-order valence-corrected chi connectivity index (χ3v) is 11.2. The highest BCUT2D eigenvalue weighted by Gasteiger charge is 2.47. The lowest BCUT2D eigenvalue weighted by atomic mass is 9.95. The van der Waals surface area contributed by atoms with E-state index in [4.69, 9.17) is 40.5 Å². The molecule has 0 unspecified atom stereocenters. The van der Waals surface area contributed by atoms with Crippen LogP contribution in [-0.2, 0) is 22.6 Å². The maximum Gasteiger partial charge on any atom is 0.410 e. The second kappa shape index (κ2) is 15.6. The summed E-state index contributed by atoms with van der Waals surface area (Å²) in [4.78, 5) is 43.6. The van der Waals surface area contributed by atoms with E-state index in [1.54, 1.807) is 25.2 Å². The Morgan fingerprint density at radius 1 is 0.966 bits per heavy atom. The molecule has 0 N–H and O–H groups in total. The van der Waals surface area contributed by atoms with E-state index in [1.165, 1.54) is 0 Å². The van der Waals surface area contributed by atoms with E-state index in [0.717, 1.165) is 28.2 Å². The van der Waals surface area contributed by atoms with Crippen LogP contribution >= 0.6 is 11.6 Å². The second-order valence-electron chi connectivity index (χ2n) is 16.1. The summed E-state index contributed by atoms with van der Waals surface area (Å²) in [7, 11) is 3.27. The molecule has 1 saturated heterocycles. The minimum atomic E-state index is -0.707. The fourth-order valence-electron chi connectivity index (χ4n) is 8.13. The number of aryl methyl sites for hydroxylation is 1. The van der Waals surface area contributed by atoms with Crippen molar-refractivity contribution < 1.29 is 32.9 Å². The Hall–Kier alpha value is -6.04. The summed E-state index contributed by atoms with van der Waals surface area (Å²) < 4.78 is 40.1. The summed E-state index contributed by atoms with van der Waals surface area (Å²) in [5.41, 5.74) is 4.23. The average molecular weight is 821 g/mol. The number of rotatable bonds is 8. The molecule has 0 aliphatic carbocycles. The summed E-state index contributed by atoms with van der Waals surface area (Å²) >= 11 is 7.15. The highest BCUT2D eigenvalue weighted by molar-refractivity contribution is 6.34. The standard InChI is InChI=1S/C45H46ClFN6O6/c1-26-18-34(48-37(19-26)50(22-28-8-12-30(56-6)13-9-28)23-29-10-14-31(57-7)15-11-29)38-33(46)20-32-40(39(38)47)49-43-42-41(32)53-21-27(2)52(44(55)59-45(3,4)5)24-35(53)36(25-54)51(42)16-17-58-43/h8-15,18-20,27,35H,16-17,21-24H2,1-7H3/t27-,35-/m1/s1. The highest BCUT2D eigenvalue weighted by Crippen LogP contribution is 2.52. The molecule has 2 atom stereocenters. The monoisotopic (exact) mass is 820 g/mol. The van der Waals surface area contributed by atoms with Gasteiger partial charge < -0.3 is 38.5 Å². The third-order valence-electron chi connectivity index (χ3n) is 10.9. The van der Waals surface area contributed by atoms with E-state index < -0.39 is 23.6 Å². The van der Waals surface area contributed by atoms with Gasteiger partial charge in [-0.05, 0) is 93.8 Å². The zero-order valence-electron chi connectivity index (χ0n) is 34.1. The topological polar surface area (TPSA) is 110 Å². The molecule has 0 bridgehead atoms. The van der Waals surface area contributed by atoms with Crippen LogP contribution in [0.2, 0.25) is 5.02 Å². The molecule has 2 aromatic heterocycles. The van der Waals surface area contributed by atoms with Gasteiger partial charge in [-0.3, -0.25) is 0 Å². The minimum absolute atomic E-state index is 0.0534. The molecule has 3 aromatic carbocycles. The van der Waals surface area contributed by atoms with Gasteiger partial charge in [0.25, 0.3) is 0 Å². The van der Waals surface area contributed by atoms with Crippen molar-refractivity contribution in [3.8, 4) is 28.6 Å². The van der Waals surface area contributed by atoms with Crippen LogP contribution in [0, 0.1) is 12.7 Å². The largest absolute Gasteiger partial charge is 0.497 e. The number of methoxy groups -OCH3 is 2. The molecule has 14 heteroatoms. The summed E-state index contributed by atoms with van der Waals surface area (Å²) in [6, 6.07) is 20.3. The summed E-state index contributed by atoms with van der Waals surface area (Å²) in [5.74, 6) is 3.84. The van der Waals surface area contributed by atoms with Gasteiger partial charge >= 0.3 is 6.09 Å². The molecule has 3 aliphatic rings. The lowest BCUT2D eigenvalue weighted by Crippen LogP contribution is -2.64. The van der Waals surface area contributed by atoms with E-state index in [9.17, 15) is 9.59 Å². The van der Waals surface area contributed by atoms with Crippen molar-refractivity contribution >= 4 is 51.7 Å². The van der Waals surface area contributed by atoms with Gasteiger partial charge in [-0.1, -0.05) is 35.9 Å². The SMILES string of the molecule is COc1ccc(CN(Cc2ccc(OC)cc2)c2cc(C)cc(-c3c(Cl)cc4c5c6c(nc4c3F)OCCN6C(=C=O)[C@H]3CN(C(=O)OC(C)(C)C)[C@H](C)CN53)n2)cc1. The van der Waals surface area contributed by atoms with Gasteiger partial charge in [-0.15, -0.1) is 0 Å². The number of piperazine rings is 1. The van der Waals surface area contributed by atoms with Gasteiger partial charge in [-0.2, -0.15) is 0 Å². The first-order valence-corrected chi connectivity index (χ1v) is 19.9. The molecule has 5 heterocycles. The number of carbonyl (C=O) groups is 1. The normalized spacial score (nSPS) is 17.2. The minimum Gasteiger partial charge on any atom is -0.497 e. The zero-order chi connectivity index (χ0) is 41.7. The Balaban J connectivity index is 1.23. The molecule has 1 amide bonds. The van der Waals surface area contributed by atoms with E-state index in [2.05, 4.69) is 10.8 Å². The van der Waals surface area contributed by atoms with Crippen LogP contribution in [0.25, 0.3) is 22.2 Å². The Morgan fingerprint density at radius 2 is 1.61 bits per heavy atom.